The second-order valence-electron chi connectivity index (χ2n) is 7.08. The molecule has 1 aromatic rings. The van der Waals surface area contributed by atoms with Crippen LogP contribution in [0, 0.1) is 11.3 Å². The van der Waals surface area contributed by atoms with Crippen molar-refractivity contribution in [3.05, 3.63) is 23.8 Å². The van der Waals surface area contributed by atoms with E-state index in [1.165, 1.54) is 0 Å². The van der Waals surface area contributed by atoms with Gasteiger partial charge in [-0.05, 0) is 58.5 Å². The molecule has 3 nitrogen and oxygen atoms in total. The van der Waals surface area contributed by atoms with Crippen molar-refractivity contribution in [3.8, 4) is 11.5 Å². The third-order valence-corrected chi connectivity index (χ3v) is 4.86. The maximum atomic E-state index is 12.8. The van der Waals surface area contributed by atoms with E-state index >= 15 is 0 Å². The van der Waals surface area contributed by atoms with Crippen molar-refractivity contribution in [2.45, 2.75) is 48.0 Å². The van der Waals surface area contributed by atoms with Gasteiger partial charge in [0.05, 0.1) is 13.2 Å². The molecule has 0 saturated carbocycles. The molecule has 0 fully saturated rings. The molecule has 0 amide bonds. The van der Waals surface area contributed by atoms with Gasteiger partial charge < -0.3 is 9.47 Å². The summed E-state index contributed by atoms with van der Waals surface area (Å²) in [6, 6.07) is 5.57. The molecule has 0 saturated heterocycles. The normalized spacial score (nSPS) is 13.3. The summed E-state index contributed by atoms with van der Waals surface area (Å²) < 4.78 is 11.3. The van der Waals surface area contributed by atoms with Gasteiger partial charge in [0.1, 0.15) is 17.1 Å². The van der Waals surface area contributed by atoms with Crippen molar-refractivity contribution >= 4 is 14.1 Å². The highest BCUT2D eigenvalue weighted by Crippen LogP contribution is 2.36. The van der Waals surface area contributed by atoms with Crippen molar-refractivity contribution in [1.82, 2.24) is 0 Å². The van der Waals surface area contributed by atoms with Gasteiger partial charge >= 0.3 is 0 Å². The first-order valence-electron chi connectivity index (χ1n) is 8.45. The van der Waals surface area contributed by atoms with E-state index in [1.807, 2.05) is 32.0 Å². The minimum absolute atomic E-state index is 0.137. The largest absolute Gasteiger partial charge is 0.493 e. The van der Waals surface area contributed by atoms with Crippen LogP contribution in [0.4, 0.5) is 0 Å². The Morgan fingerprint density at radius 2 is 1.65 bits per heavy atom. The van der Waals surface area contributed by atoms with Crippen LogP contribution in [0.25, 0.3) is 0 Å². The molecule has 0 radical (unpaired) electrons. The molecule has 0 aliphatic carbocycles. The summed E-state index contributed by atoms with van der Waals surface area (Å²) in [5.74, 6) is 1.81. The number of benzene rings is 1. The summed E-state index contributed by atoms with van der Waals surface area (Å²) in [4.78, 5) is 12.8. The molecule has 2 unspecified atom stereocenters. The average molecular weight is 338 g/mol. The molecular weight excluding hydrogens is 307 g/mol. The lowest BCUT2D eigenvalue weighted by Gasteiger charge is -2.23. The quantitative estimate of drug-likeness (QED) is 0.567. The lowest BCUT2D eigenvalue weighted by molar-refractivity contribution is 0.107. The molecule has 23 heavy (non-hydrogen) atoms. The zero-order valence-corrected chi connectivity index (χ0v) is 16.4. The van der Waals surface area contributed by atoms with Crippen LogP contribution in [0.3, 0.4) is 0 Å². The Hall–Kier alpha value is -1.08. The standard InChI is InChI=1S/C19H31O3P/c1-7-21-15-10-9-11-16(22-8-2)17(15)18(20)23-13-14(3)12-19(4,5)6/h9-11,14,23H,7-8,12-13H2,1-6H3. The summed E-state index contributed by atoms with van der Waals surface area (Å²) >= 11 is 0. The van der Waals surface area contributed by atoms with Crippen molar-refractivity contribution in [2.75, 3.05) is 19.4 Å². The number of carbonyl (C=O) groups excluding carboxylic acids is 1. The summed E-state index contributed by atoms with van der Waals surface area (Å²) in [6.45, 7) is 13.9. The molecule has 0 heterocycles. The fraction of sp³-hybridized carbons (Fsp3) is 0.632. The third kappa shape index (κ3) is 6.91. The molecule has 0 N–H and O–H groups in total. The number of carbonyl (C=O) groups is 1. The molecule has 4 heteroatoms. The Balaban J connectivity index is 2.85. The van der Waals surface area contributed by atoms with Crippen LogP contribution in [0.1, 0.15) is 58.3 Å². The van der Waals surface area contributed by atoms with Crippen molar-refractivity contribution in [2.24, 2.45) is 11.3 Å². The van der Waals surface area contributed by atoms with Gasteiger partial charge in [-0.2, -0.15) is 0 Å². The van der Waals surface area contributed by atoms with Crippen LogP contribution < -0.4 is 9.47 Å². The highest BCUT2D eigenvalue weighted by Gasteiger charge is 2.21. The van der Waals surface area contributed by atoms with Crippen LogP contribution in [-0.4, -0.2) is 24.9 Å². The maximum absolute atomic E-state index is 12.8. The zero-order chi connectivity index (χ0) is 17.5. The smallest absolute Gasteiger partial charge is 0.188 e. The van der Waals surface area contributed by atoms with Gasteiger partial charge in [0, 0.05) is 0 Å². The predicted octanol–water partition coefficient (Wildman–Crippen LogP) is 5.38. The van der Waals surface area contributed by atoms with E-state index in [0.29, 0.717) is 41.6 Å². The van der Waals surface area contributed by atoms with Gasteiger partial charge in [0.15, 0.2) is 5.52 Å². The van der Waals surface area contributed by atoms with Gasteiger partial charge in [-0.15, -0.1) is 0 Å². The van der Waals surface area contributed by atoms with E-state index in [-0.39, 0.29) is 14.1 Å². The molecule has 0 aliphatic heterocycles. The summed E-state index contributed by atoms with van der Waals surface area (Å²) in [5, 5.41) is 0. The number of hydrogen-bond donors (Lipinski definition) is 0. The highest BCUT2D eigenvalue weighted by molar-refractivity contribution is 7.58. The van der Waals surface area contributed by atoms with Crippen LogP contribution in [0.5, 0.6) is 11.5 Å². The predicted molar refractivity (Wildman–Crippen MR) is 99.5 cm³/mol. The van der Waals surface area contributed by atoms with Gasteiger partial charge in [0.2, 0.25) is 0 Å². The van der Waals surface area contributed by atoms with E-state index in [4.69, 9.17) is 9.47 Å². The fourth-order valence-electron chi connectivity index (χ4n) is 2.76. The Morgan fingerprint density at radius 3 is 2.09 bits per heavy atom. The molecule has 0 aliphatic rings. The second kappa shape index (κ2) is 9.27. The molecule has 130 valence electrons. The second-order valence-corrected chi connectivity index (χ2v) is 8.29. The zero-order valence-electron chi connectivity index (χ0n) is 15.4. The molecule has 1 rings (SSSR count). The summed E-state index contributed by atoms with van der Waals surface area (Å²) in [7, 11) is 0.252. The average Bonchev–Trinajstić information content (AvgIpc) is 2.44. The van der Waals surface area contributed by atoms with Crippen LogP contribution in [0.2, 0.25) is 0 Å². The van der Waals surface area contributed by atoms with E-state index in [1.54, 1.807) is 0 Å². The molecule has 0 aromatic heterocycles. The maximum Gasteiger partial charge on any atom is 0.188 e. The highest BCUT2D eigenvalue weighted by atomic mass is 31.1. The first-order chi connectivity index (χ1) is 10.8. The van der Waals surface area contributed by atoms with Gasteiger partial charge in [-0.3, -0.25) is 4.79 Å². The minimum atomic E-state index is 0.137. The van der Waals surface area contributed by atoms with Crippen molar-refractivity contribution < 1.29 is 14.3 Å². The van der Waals surface area contributed by atoms with Gasteiger partial charge in [-0.25, -0.2) is 0 Å². The first kappa shape index (κ1) is 20.0. The Bertz CT molecular complexity index is 482. The molecule has 0 spiro atoms. The topological polar surface area (TPSA) is 35.5 Å². The van der Waals surface area contributed by atoms with E-state index < -0.39 is 0 Å². The molecule has 2 atom stereocenters. The lowest BCUT2D eigenvalue weighted by atomic mass is 9.86. The van der Waals surface area contributed by atoms with Crippen LogP contribution in [-0.2, 0) is 0 Å². The molecular formula is C19H31O3P. The Kier molecular flexibility index (Phi) is 8.05. The molecule has 1 aromatic carbocycles. The summed E-state index contributed by atoms with van der Waals surface area (Å²) in [6.07, 6.45) is 2.04. The number of rotatable bonds is 9. The minimum Gasteiger partial charge on any atom is -0.493 e. The lowest BCUT2D eigenvalue weighted by Crippen LogP contribution is -2.13. The number of ether oxygens (including phenoxy) is 2. The fourth-order valence-corrected chi connectivity index (χ4v) is 3.86. The van der Waals surface area contributed by atoms with Gasteiger partial charge in [0.25, 0.3) is 0 Å². The summed E-state index contributed by atoms with van der Waals surface area (Å²) in [5.41, 5.74) is 1.04. The Labute approximate surface area is 142 Å². The van der Waals surface area contributed by atoms with Crippen LogP contribution in [0.15, 0.2) is 18.2 Å². The number of hydrogen-bond acceptors (Lipinski definition) is 3. The van der Waals surface area contributed by atoms with E-state index in [2.05, 4.69) is 27.7 Å². The molecule has 0 bridgehead atoms. The van der Waals surface area contributed by atoms with Crippen molar-refractivity contribution in [3.63, 3.8) is 0 Å². The van der Waals surface area contributed by atoms with Crippen molar-refractivity contribution in [1.29, 1.82) is 0 Å². The monoisotopic (exact) mass is 338 g/mol. The van der Waals surface area contributed by atoms with E-state index in [9.17, 15) is 4.79 Å². The van der Waals surface area contributed by atoms with Crippen LogP contribution >= 0.6 is 8.58 Å². The van der Waals surface area contributed by atoms with E-state index in [0.717, 1.165) is 12.6 Å². The first-order valence-corrected chi connectivity index (χ1v) is 9.66. The Morgan fingerprint density at radius 1 is 1.13 bits per heavy atom. The van der Waals surface area contributed by atoms with Gasteiger partial charge in [-0.1, -0.05) is 33.8 Å². The SMILES string of the molecule is CCOc1cccc(OCC)c1C(=O)PCC(C)CC(C)(C)C. The third-order valence-electron chi connectivity index (χ3n) is 3.39.